The largest absolute Gasteiger partial charge is 0.354 e. The highest BCUT2D eigenvalue weighted by Gasteiger charge is 2.20. The second-order valence-corrected chi connectivity index (χ2v) is 5.86. The van der Waals surface area contributed by atoms with Crippen molar-refractivity contribution in [2.45, 2.75) is 32.7 Å². The third-order valence-corrected chi connectivity index (χ3v) is 4.07. The van der Waals surface area contributed by atoms with Gasteiger partial charge in [-0.1, -0.05) is 0 Å². The molecule has 1 aliphatic rings. The SMILES string of the molecule is CC(C)N(CC1CCNCC1)c1ccn2nccc2n1. The van der Waals surface area contributed by atoms with Gasteiger partial charge in [0.2, 0.25) is 0 Å². The summed E-state index contributed by atoms with van der Waals surface area (Å²) in [7, 11) is 0. The predicted octanol–water partition coefficient (Wildman–Crippen LogP) is 1.94. The molecule has 5 heteroatoms. The molecular formula is C15H23N5. The molecule has 0 amide bonds. The minimum atomic E-state index is 0.461. The Morgan fingerprint density at radius 1 is 1.35 bits per heavy atom. The zero-order chi connectivity index (χ0) is 13.9. The summed E-state index contributed by atoms with van der Waals surface area (Å²) in [6, 6.07) is 4.48. The van der Waals surface area contributed by atoms with Gasteiger partial charge >= 0.3 is 0 Å². The molecular weight excluding hydrogens is 250 g/mol. The van der Waals surface area contributed by atoms with Gasteiger partial charge < -0.3 is 10.2 Å². The van der Waals surface area contributed by atoms with E-state index in [-0.39, 0.29) is 0 Å². The first-order valence-electron chi connectivity index (χ1n) is 7.52. The van der Waals surface area contributed by atoms with Crippen LogP contribution >= 0.6 is 0 Å². The highest BCUT2D eigenvalue weighted by atomic mass is 15.3. The lowest BCUT2D eigenvalue weighted by Crippen LogP contribution is -2.40. The van der Waals surface area contributed by atoms with Crippen molar-refractivity contribution in [1.29, 1.82) is 0 Å². The Morgan fingerprint density at radius 2 is 2.15 bits per heavy atom. The standard InChI is InChI=1S/C15H23N5/c1-12(2)19(11-13-3-7-16-8-4-13)14-6-10-20-15(18-14)5-9-17-20/h5-6,9-10,12-13,16H,3-4,7-8,11H2,1-2H3. The van der Waals surface area contributed by atoms with Crippen LogP contribution in [-0.2, 0) is 0 Å². The summed E-state index contributed by atoms with van der Waals surface area (Å²) in [5.74, 6) is 1.83. The summed E-state index contributed by atoms with van der Waals surface area (Å²) in [5.41, 5.74) is 0.915. The smallest absolute Gasteiger partial charge is 0.157 e. The number of rotatable bonds is 4. The molecule has 20 heavy (non-hydrogen) atoms. The summed E-state index contributed by atoms with van der Waals surface area (Å²) < 4.78 is 1.81. The minimum absolute atomic E-state index is 0.461. The maximum atomic E-state index is 4.73. The van der Waals surface area contributed by atoms with Crippen LogP contribution in [0.3, 0.4) is 0 Å². The number of hydrogen-bond donors (Lipinski definition) is 1. The van der Waals surface area contributed by atoms with Gasteiger partial charge in [0.15, 0.2) is 5.65 Å². The second-order valence-electron chi connectivity index (χ2n) is 5.86. The minimum Gasteiger partial charge on any atom is -0.354 e. The van der Waals surface area contributed by atoms with Crippen LogP contribution in [0.5, 0.6) is 0 Å². The van der Waals surface area contributed by atoms with Crippen molar-refractivity contribution in [2.24, 2.45) is 5.92 Å². The van der Waals surface area contributed by atoms with Gasteiger partial charge in [-0.2, -0.15) is 5.10 Å². The van der Waals surface area contributed by atoms with Gasteiger partial charge in [0.1, 0.15) is 5.82 Å². The van der Waals surface area contributed by atoms with E-state index in [9.17, 15) is 0 Å². The Bertz CT molecular complexity index is 556. The molecule has 3 rings (SSSR count). The van der Waals surface area contributed by atoms with Crippen LogP contribution in [-0.4, -0.2) is 40.3 Å². The number of hydrogen-bond acceptors (Lipinski definition) is 4. The van der Waals surface area contributed by atoms with E-state index in [1.807, 2.05) is 16.8 Å². The number of nitrogens with zero attached hydrogens (tertiary/aromatic N) is 4. The van der Waals surface area contributed by atoms with Crippen molar-refractivity contribution in [3.05, 3.63) is 24.5 Å². The highest BCUT2D eigenvalue weighted by molar-refractivity contribution is 5.47. The molecule has 1 N–H and O–H groups in total. The van der Waals surface area contributed by atoms with E-state index < -0.39 is 0 Å². The molecule has 0 saturated carbocycles. The van der Waals surface area contributed by atoms with Gasteiger partial charge in [0.25, 0.3) is 0 Å². The van der Waals surface area contributed by atoms with Crippen molar-refractivity contribution in [1.82, 2.24) is 19.9 Å². The number of anilines is 1. The van der Waals surface area contributed by atoms with Crippen molar-refractivity contribution in [2.75, 3.05) is 24.5 Å². The first-order valence-corrected chi connectivity index (χ1v) is 7.52. The van der Waals surface area contributed by atoms with Crippen LogP contribution in [0.15, 0.2) is 24.5 Å². The molecule has 0 aromatic carbocycles. The molecule has 1 saturated heterocycles. The summed E-state index contributed by atoms with van der Waals surface area (Å²) in [6.45, 7) is 7.86. The van der Waals surface area contributed by atoms with E-state index in [0.29, 0.717) is 6.04 Å². The molecule has 2 aromatic heterocycles. The van der Waals surface area contributed by atoms with Gasteiger partial charge in [-0.15, -0.1) is 0 Å². The van der Waals surface area contributed by atoms with E-state index >= 15 is 0 Å². The van der Waals surface area contributed by atoms with Crippen LogP contribution in [0, 0.1) is 5.92 Å². The summed E-state index contributed by atoms with van der Waals surface area (Å²) in [4.78, 5) is 7.15. The third kappa shape index (κ3) is 2.77. The van der Waals surface area contributed by atoms with Gasteiger partial charge in [-0.25, -0.2) is 9.50 Å². The molecule has 0 unspecified atom stereocenters. The Hall–Kier alpha value is -1.62. The lowest BCUT2D eigenvalue weighted by molar-refractivity contribution is 0.367. The monoisotopic (exact) mass is 273 g/mol. The van der Waals surface area contributed by atoms with Gasteiger partial charge in [0.05, 0.1) is 6.20 Å². The fourth-order valence-electron chi connectivity index (χ4n) is 2.87. The van der Waals surface area contributed by atoms with E-state index in [4.69, 9.17) is 4.98 Å². The maximum absolute atomic E-state index is 4.73. The third-order valence-electron chi connectivity index (χ3n) is 4.07. The molecule has 108 valence electrons. The van der Waals surface area contributed by atoms with E-state index in [2.05, 4.69) is 35.2 Å². The maximum Gasteiger partial charge on any atom is 0.157 e. The van der Waals surface area contributed by atoms with Crippen LogP contribution < -0.4 is 10.2 Å². The van der Waals surface area contributed by atoms with Crippen molar-refractivity contribution >= 4 is 11.5 Å². The van der Waals surface area contributed by atoms with Gasteiger partial charge in [-0.3, -0.25) is 0 Å². The van der Waals surface area contributed by atoms with E-state index in [1.54, 1.807) is 6.20 Å². The summed E-state index contributed by atoms with van der Waals surface area (Å²) >= 11 is 0. The van der Waals surface area contributed by atoms with Crippen LogP contribution in [0.1, 0.15) is 26.7 Å². The van der Waals surface area contributed by atoms with Crippen LogP contribution in [0.25, 0.3) is 5.65 Å². The predicted molar refractivity (Wildman–Crippen MR) is 81.1 cm³/mol. The zero-order valence-electron chi connectivity index (χ0n) is 12.3. The second kappa shape index (κ2) is 5.79. The molecule has 1 fully saturated rings. The summed E-state index contributed by atoms with van der Waals surface area (Å²) in [5, 5.41) is 7.64. The average molecular weight is 273 g/mol. The lowest BCUT2D eigenvalue weighted by atomic mass is 9.97. The topological polar surface area (TPSA) is 45.5 Å². The fraction of sp³-hybridized carbons (Fsp3) is 0.600. The molecule has 3 heterocycles. The molecule has 0 radical (unpaired) electrons. The number of piperidine rings is 1. The Morgan fingerprint density at radius 3 is 2.90 bits per heavy atom. The zero-order valence-corrected chi connectivity index (χ0v) is 12.3. The van der Waals surface area contributed by atoms with Gasteiger partial charge in [0, 0.05) is 24.8 Å². The molecule has 0 atom stereocenters. The van der Waals surface area contributed by atoms with Crippen LogP contribution in [0.4, 0.5) is 5.82 Å². The van der Waals surface area contributed by atoms with E-state index in [0.717, 1.165) is 37.0 Å². The molecule has 0 bridgehead atoms. The number of fused-ring (bicyclic) bond motifs is 1. The Balaban J connectivity index is 1.81. The Kier molecular flexibility index (Phi) is 3.87. The normalized spacial score (nSPS) is 16.9. The molecule has 2 aromatic rings. The highest BCUT2D eigenvalue weighted by Crippen LogP contribution is 2.20. The average Bonchev–Trinajstić information content (AvgIpc) is 2.93. The fourth-order valence-corrected chi connectivity index (χ4v) is 2.87. The molecule has 5 nitrogen and oxygen atoms in total. The first kappa shape index (κ1) is 13.4. The first-order chi connectivity index (χ1) is 9.74. The quantitative estimate of drug-likeness (QED) is 0.925. The van der Waals surface area contributed by atoms with Crippen molar-refractivity contribution in [3.63, 3.8) is 0 Å². The molecule has 0 spiro atoms. The molecule has 0 aliphatic carbocycles. The van der Waals surface area contributed by atoms with Gasteiger partial charge in [-0.05, 0) is 51.8 Å². The van der Waals surface area contributed by atoms with Crippen molar-refractivity contribution in [3.8, 4) is 0 Å². The van der Waals surface area contributed by atoms with E-state index in [1.165, 1.54) is 12.8 Å². The number of aromatic nitrogens is 3. The van der Waals surface area contributed by atoms with Crippen molar-refractivity contribution < 1.29 is 0 Å². The summed E-state index contributed by atoms with van der Waals surface area (Å²) in [6.07, 6.45) is 6.31. The number of nitrogens with one attached hydrogen (secondary N) is 1. The molecule has 1 aliphatic heterocycles. The lowest BCUT2D eigenvalue weighted by Gasteiger charge is -2.33. The Labute approximate surface area is 120 Å². The van der Waals surface area contributed by atoms with Crippen LogP contribution in [0.2, 0.25) is 0 Å².